The first-order chi connectivity index (χ1) is 14.9. The highest BCUT2D eigenvalue weighted by atomic mass is 32.2. The fourth-order valence-corrected chi connectivity index (χ4v) is 5.19. The SMILES string of the molecule is CCOc1ccc(OCCOC(=O)c2ccc(C)c(S(=O)(=O)N3CCCCC3)c2)cc1. The molecule has 0 bridgehead atoms. The molecule has 31 heavy (non-hydrogen) atoms. The minimum absolute atomic E-state index is 0.0497. The van der Waals surface area contributed by atoms with Gasteiger partial charge >= 0.3 is 5.97 Å². The van der Waals surface area contributed by atoms with Crippen LogP contribution in [0.25, 0.3) is 0 Å². The first-order valence-electron chi connectivity index (χ1n) is 10.6. The number of carbonyl (C=O) groups excluding carboxylic acids is 1. The van der Waals surface area contributed by atoms with E-state index in [-0.39, 0.29) is 23.7 Å². The number of ether oxygens (including phenoxy) is 3. The third-order valence-corrected chi connectivity index (χ3v) is 7.12. The molecule has 0 aromatic heterocycles. The van der Waals surface area contributed by atoms with E-state index in [2.05, 4.69) is 0 Å². The predicted molar refractivity (Wildman–Crippen MR) is 117 cm³/mol. The predicted octanol–water partition coefficient (Wildman–Crippen LogP) is 3.80. The summed E-state index contributed by atoms with van der Waals surface area (Å²) >= 11 is 0. The Morgan fingerprint density at radius 3 is 2.23 bits per heavy atom. The Morgan fingerprint density at radius 2 is 1.58 bits per heavy atom. The molecule has 2 aromatic carbocycles. The molecule has 0 unspecified atom stereocenters. The second-order valence-corrected chi connectivity index (χ2v) is 9.24. The summed E-state index contributed by atoms with van der Waals surface area (Å²) < 4.78 is 43.7. The highest BCUT2D eigenvalue weighted by molar-refractivity contribution is 7.89. The fraction of sp³-hybridized carbons (Fsp3) is 0.435. The number of hydrogen-bond acceptors (Lipinski definition) is 6. The van der Waals surface area contributed by atoms with Crippen LogP contribution in [0.3, 0.4) is 0 Å². The van der Waals surface area contributed by atoms with Crippen LogP contribution < -0.4 is 9.47 Å². The number of hydrogen-bond donors (Lipinski definition) is 0. The molecule has 3 rings (SSSR count). The van der Waals surface area contributed by atoms with Crippen LogP contribution in [0.1, 0.15) is 42.1 Å². The Bertz CT molecular complexity index is 982. The van der Waals surface area contributed by atoms with Gasteiger partial charge in [0.25, 0.3) is 0 Å². The maximum Gasteiger partial charge on any atom is 0.338 e. The lowest BCUT2D eigenvalue weighted by atomic mass is 10.1. The molecule has 7 nitrogen and oxygen atoms in total. The normalized spacial score (nSPS) is 14.8. The summed E-state index contributed by atoms with van der Waals surface area (Å²) in [4.78, 5) is 12.6. The topological polar surface area (TPSA) is 82.1 Å². The van der Waals surface area contributed by atoms with Crippen LogP contribution in [-0.2, 0) is 14.8 Å². The standard InChI is InChI=1S/C23H29NO6S/c1-3-28-20-9-11-21(12-10-20)29-15-16-30-23(25)19-8-7-18(2)22(17-19)31(26,27)24-13-5-4-6-14-24/h7-12,17H,3-6,13-16H2,1-2H3. The lowest BCUT2D eigenvalue weighted by molar-refractivity contribution is 0.0450. The summed E-state index contributed by atoms with van der Waals surface area (Å²) in [7, 11) is -3.63. The zero-order valence-corrected chi connectivity index (χ0v) is 18.8. The first-order valence-corrected chi connectivity index (χ1v) is 12.0. The highest BCUT2D eigenvalue weighted by Gasteiger charge is 2.28. The van der Waals surface area contributed by atoms with Gasteiger partial charge in [0.05, 0.1) is 17.1 Å². The molecule has 168 valence electrons. The van der Waals surface area contributed by atoms with Gasteiger partial charge in [0, 0.05) is 13.1 Å². The van der Waals surface area contributed by atoms with Gasteiger partial charge in [-0.3, -0.25) is 0 Å². The number of aryl methyl sites for hydroxylation is 1. The van der Waals surface area contributed by atoms with Crippen LogP contribution in [-0.4, -0.2) is 51.6 Å². The molecule has 1 heterocycles. The van der Waals surface area contributed by atoms with E-state index >= 15 is 0 Å². The van der Waals surface area contributed by atoms with Crippen molar-refractivity contribution in [3.8, 4) is 11.5 Å². The third kappa shape index (κ3) is 5.98. The Kier molecular flexibility index (Phi) is 7.92. The second-order valence-electron chi connectivity index (χ2n) is 7.33. The van der Waals surface area contributed by atoms with E-state index in [1.165, 1.54) is 10.4 Å². The molecule has 0 aliphatic carbocycles. The number of rotatable bonds is 9. The second kappa shape index (κ2) is 10.6. The van der Waals surface area contributed by atoms with Gasteiger partial charge in [-0.05, 0) is 68.7 Å². The van der Waals surface area contributed by atoms with Gasteiger partial charge in [-0.2, -0.15) is 4.31 Å². The molecule has 0 amide bonds. The Labute approximate surface area is 184 Å². The fourth-order valence-electron chi connectivity index (χ4n) is 3.43. The minimum Gasteiger partial charge on any atom is -0.494 e. The quantitative estimate of drug-likeness (QED) is 0.430. The molecule has 0 spiro atoms. The molecule has 0 radical (unpaired) electrons. The van der Waals surface area contributed by atoms with Crippen LogP contribution in [0.2, 0.25) is 0 Å². The summed E-state index contributed by atoms with van der Waals surface area (Å²) in [5, 5.41) is 0. The molecule has 0 N–H and O–H groups in total. The number of nitrogens with zero attached hydrogens (tertiary/aromatic N) is 1. The van der Waals surface area contributed by atoms with Gasteiger partial charge in [0.15, 0.2) is 0 Å². The van der Waals surface area contributed by atoms with E-state index in [9.17, 15) is 13.2 Å². The van der Waals surface area contributed by atoms with Gasteiger partial charge in [0.2, 0.25) is 10.0 Å². The number of carbonyl (C=O) groups is 1. The number of piperidine rings is 1. The van der Waals surface area contributed by atoms with Crippen molar-refractivity contribution in [2.45, 2.75) is 38.0 Å². The summed E-state index contributed by atoms with van der Waals surface area (Å²) in [5.74, 6) is 0.825. The van der Waals surface area contributed by atoms with Crippen LogP contribution in [0, 0.1) is 6.92 Å². The lowest BCUT2D eigenvalue weighted by Crippen LogP contribution is -2.36. The van der Waals surface area contributed by atoms with E-state index < -0.39 is 16.0 Å². The molecule has 1 aliphatic rings. The molecular weight excluding hydrogens is 418 g/mol. The maximum atomic E-state index is 13.0. The molecule has 0 saturated carbocycles. The average molecular weight is 448 g/mol. The molecular formula is C23H29NO6S. The average Bonchev–Trinajstić information content (AvgIpc) is 2.78. The largest absolute Gasteiger partial charge is 0.494 e. The van der Waals surface area contributed by atoms with Gasteiger partial charge in [-0.25, -0.2) is 13.2 Å². The monoisotopic (exact) mass is 447 g/mol. The van der Waals surface area contributed by atoms with Crippen molar-refractivity contribution in [1.82, 2.24) is 4.31 Å². The maximum absolute atomic E-state index is 13.0. The van der Waals surface area contributed by atoms with Crippen molar-refractivity contribution in [3.05, 3.63) is 53.6 Å². The van der Waals surface area contributed by atoms with E-state index in [4.69, 9.17) is 14.2 Å². The van der Waals surface area contributed by atoms with Gasteiger partial charge in [-0.15, -0.1) is 0 Å². The molecule has 1 saturated heterocycles. The smallest absolute Gasteiger partial charge is 0.338 e. The Balaban J connectivity index is 1.57. The van der Waals surface area contributed by atoms with Crippen LogP contribution in [0.4, 0.5) is 0 Å². The van der Waals surface area contributed by atoms with Crippen molar-refractivity contribution in [2.24, 2.45) is 0 Å². The Morgan fingerprint density at radius 1 is 0.935 bits per heavy atom. The summed E-state index contributed by atoms with van der Waals surface area (Å²) in [6, 6.07) is 11.8. The van der Waals surface area contributed by atoms with Crippen molar-refractivity contribution in [2.75, 3.05) is 32.9 Å². The summed E-state index contributed by atoms with van der Waals surface area (Å²) in [5.41, 5.74) is 0.822. The molecule has 8 heteroatoms. The van der Waals surface area contributed by atoms with Crippen LogP contribution in [0.5, 0.6) is 11.5 Å². The number of esters is 1. The van der Waals surface area contributed by atoms with E-state index in [1.54, 1.807) is 43.3 Å². The minimum atomic E-state index is -3.63. The summed E-state index contributed by atoms with van der Waals surface area (Å²) in [6.07, 6.45) is 2.75. The van der Waals surface area contributed by atoms with Crippen molar-refractivity contribution in [1.29, 1.82) is 0 Å². The van der Waals surface area contributed by atoms with Crippen molar-refractivity contribution in [3.63, 3.8) is 0 Å². The number of benzene rings is 2. The zero-order valence-electron chi connectivity index (χ0n) is 18.0. The summed E-state index contributed by atoms with van der Waals surface area (Å²) in [6.45, 7) is 5.50. The molecule has 1 fully saturated rings. The van der Waals surface area contributed by atoms with Crippen LogP contribution >= 0.6 is 0 Å². The Hall–Kier alpha value is -2.58. The molecule has 1 aliphatic heterocycles. The first kappa shape index (κ1) is 23.1. The van der Waals surface area contributed by atoms with Gasteiger partial charge in [-0.1, -0.05) is 12.5 Å². The van der Waals surface area contributed by atoms with E-state index in [0.29, 0.717) is 31.0 Å². The molecule has 0 atom stereocenters. The van der Waals surface area contributed by atoms with E-state index in [0.717, 1.165) is 25.0 Å². The van der Waals surface area contributed by atoms with Crippen molar-refractivity contribution >= 4 is 16.0 Å². The lowest BCUT2D eigenvalue weighted by Gasteiger charge is -2.26. The number of sulfonamides is 1. The van der Waals surface area contributed by atoms with Crippen LogP contribution in [0.15, 0.2) is 47.4 Å². The van der Waals surface area contributed by atoms with Gasteiger partial charge < -0.3 is 14.2 Å². The molecule has 2 aromatic rings. The van der Waals surface area contributed by atoms with Crippen molar-refractivity contribution < 1.29 is 27.4 Å². The van der Waals surface area contributed by atoms with E-state index in [1.807, 2.05) is 6.92 Å². The van der Waals surface area contributed by atoms with Gasteiger partial charge in [0.1, 0.15) is 24.7 Å². The third-order valence-electron chi connectivity index (χ3n) is 5.08. The highest BCUT2D eigenvalue weighted by Crippen LogP contribution is 2.24. The zero-order chi connectivity index (χ0) is 22.3.